The van der Waals surface area contributed by atoms with Crippen LogP contribution in [0.1, 0.15) is 0 Å². The average molecular weight is 1310 g/mol. The Morgan fingerprint density at radius 3 is 1.05 bits per heavy atom. The number of benzene rings is 2. The molecule has 0 aliphatic carbocycles. The molecule has 2 aromatic carbocycles. The van der Waals surface area contributed by atoms with E-state index >= 15 is 0 Å². The van der Waals surface area contributed by atoms with Crippen LogP contribution in [0.25, 0.3) is 63.8 Å². The van der Waals surface area contributed by atoms with Crippen molar-refractivity contribution in [3.05, 3.63) is 93.3 Å². The van der Waals surface area contributed by atoms with Gasteiger partial charge >= 0.3 is 59.1 Å². The van der Waals surface area contributed by atoms with Crippen LogP contribution in [-0.2, 0) is 25.3 Å². The number of hydrogen-bond donors (Lipinski definition) is 0. The Balaban J connectivity index is 0.000000198. The van der Waals surface area contributed by atoms with Gasteiger partial charge in [-0.15, -0.1) is 45.3 Å². The number of halogens is 6. The maximum absolute atomic E-state index is 9.41. The monoisotopic (exact) mass is 1300 g/mol. The van der Waals surface area contributed by atoms with Crippen molar-refractivity contribution in [2.45, 2.75) is 9.79 Å². The normalized spacial score (nSPS) is 11.0. The van der Waals surface area contributed by atoms with Crippen LogP contribution in [0, 0.1) is 45.3 Å². The smallest absolute Gasteiger partial charge is 0.805 e. The first-order valence-electron chi connectivity index (χ1n) is 15.7. The van der Waals surface area contributed by atoms with Crippen LogP contribution in [0.3, 0.4) is 0 Å². The number of nitrogens with zero attached hydrogens (tertiary/aromatic N) is 8. The molecule has 7 heterocycles. The molecule has 6 aromatic heterocycles. The molecule has 1 aliphatic heterocycles. The number of nitriles is 4. The van der Waals surface area contributed by atoms with Crippen molar-refractivity contribution in [3.8, 4) is 66.0 Å². The molecule has 0 bridgehead atoms. The minimum atomic E-state index is -0.157. The quantitative estimate of drug-likeness (QED) is 0.0939. The first kappa shape index (κ1) is 52.9. The number of thiophene rings is 4. The van der Waals surface area contributed by atoms with Crippen molar-refractivity contribution < 1.29 is 59.1 Å². The second-order valence-corrected chi connectivity index (χ2v) is 26.1. The van der Waals surface area contributed by atoms with E-state index in [4.69, 9.17) is 33.7 Å². The molecule has 0 saturated carbocycles. The number of rotatable bonds is 4. The Morgan fingerprint density at radius 1 is 0.500 bits per heavy atom. The second kappa shape index (κ2) is 23.8. The van der Waals surface area contributed by atoms with E-state index in [1.807, 2.05) is 48.5 Å². The minimum absolute atomic E-state index is 0. The van der Waals surface area contributed by atoms with Gasteiger partial charge in [-0.1, -0.05) is 46.7 Å². The molecule has 8 aromatic rings. The number of thioether (sulfide) groups is 2. The minimum Gasteiger partial charge on any atom is -0.805 e. The fraction of sp³-hybridized carbons (Fsp3) is 0. The molecule has 26 heteroatoms. The number of hydrogen-bond acceptors (Lipinski definition) is 18. The third kappa shape index (κ3) is 11.3. The molecule has 0 fully saturated rings. The SMILES string of the molecule is Clc1c(Cl)c(-c2ccc(Br)s2)c2nsnc2c1-c1ccc(Br)s1.N#CC(C#N)=C([S-])[S-].N#CC(C#N)=C1Sc2c(c(-c3ccc(Br)s3)c3nsnc3c2-c2ccc(Br)s2)S1.[Na+].[Na+]. The summed E-state index contributed by atoms with van der Waals surface area (Å²) >= 11 is 47.8. The summed E-state index contributed by atoms with van der Waals surface area (Å²) in [6.45, 7) is 0. The maximum atomic E-state index is 9.41. The molecule has 0 atom stereocenters. The molecule has 0 radical (unpaired) electrons. The van der Waals surface area contributed by atoms with Crippen LogP contribution in [-0.4, -0.2) is 17.5 Å². The van der Waals surface area contributed by atoms with Gasteiger partial charge in [0.05, 0.1) is 58.5 Å². The second-order valence-electron chi connectivity index (χ2n) is 11.1. The van der Waals surface area contributed by atoms with Crippen molar-refractivity contribution >= 4 is 227 Å². The summed E-state index contributed by atoms with van der Waals surface area (Å²) in [6, 6.07) is 23.3. The zero-order valence-corrected chi connectivity index (χ0v) is 50.6. The number of aromatic nitrogens is 4. The molecule has 9 rings (SSSR count). The summed E-state index contributed by atoms with van der Waals surface area (Å²) in [7, 11) is 0. The van der Waals surface area contributed by atoms with Crippen molar-refractivity contribution in [1.82, 2.24) is 17.5 Å². The average Bonchev–Trinajstić information content (AvgIpc) is 4.08. The van der Waals surface area contributed by atoms with E-state index in [9.17, 15) is 10.5 Å². The van der Waals surface area contributed by atoms with Crippen LogP contribution in [0.5, 0.6) is 0 Å². The summed E-state index contributed by atoms with van der Waals surface area (Å²) in [6.07, 6.45) is 0. The maximum Gasteiger partial charge on any atom is 1.00 e. The molecule has 0 saturated heterocycles. The summed E-state index contributed by atoms with van der Waals surface area (Å²) in [5.41, 5.74) is 6.98. The van der Waals surface area contributed by atoms with Crippen molar-refractivity contribution in [1.29, 1.82) is 21.0 Å². The van der Waals surface area contributed by atoms with Gasteiger partial charge in [-0.25, -0.2) is 0 Å². The molecule has 0 unspecified atom stereocenters. The Labute approximate surface area is 485 Å². The molecule has 0 N–H and O–H groups in total. The van der Waals surface area contributed by atoms with E-state index in [0.717, 1.165) is 88.8 Å². The zero-order chi connectivity index (χ0) is 42.8. The Morgan fingerprint density at radius 2 is 0.806 bits per heavy atom. The van der Waals surface area contributed by atoms with Gasteiger partial charge in [-0.05, 0) is 112 Å². The van der Waals surface area contributed by atoms with Crippen LogP contribution in [0.15, 0.2) is 93.1 Å². The van der Waals surface area contributed by atoms with Crippen LogP contribution < -0.4 is 59.1 Å². The third-order valence-electron chi connectivity index (χ3n) is 7.74. The van der Waals surface area contributed by atoms with E-state index in [0.29, 0.717) is 14.3 Å². The first-order valence-corrected chi connectivity index (χ1v) is 26.8. The van der Waals surface area contributed by atoms with E-state index < -0.39 is 0 Å². The Kier molecular flexibility index (Phi) is 20.3. The molecule has 8 nitrogen and oxygen atoms in total. The van der Waals surface area contributed by atoms with E-state index in [2.05, 4.69) is 119 Å². The molecule has 0 spiro atoms. The largest absolute Gasteiger partial charge is 1.00 e. The van der Waals surface area contributed by atoms with E-state index in [1.165, 1.54) is 47.0 Å². The van der Waals surface area contributed by atoms with Gasteiger partial charge < -0.3 is 29.5 Å². The van der Waals surface area contributed by atoms with Gasteiger partial charge in [0.1, 0.15) is 51.9 Å². The zero-order valence-electron chi connectivity index (χ0n) is 30.5. The number of fused-ring (bicyclic) bond motifs is 3. The van der Waals surface area contributed by atoms with Crippen molar-refractivity contribution in [3.63, 3.8) is 0 Å². The van der Waals surface area contributed by atoms with Crippen LogP contribution in [0.4, 0.5) is 0 Å². The van der Waals surface area contributed by atoms with Crippen LogP contribution >= 0.6 is 179 Å². The van der Waals surface area contributed by atoms with Gasteiger partial charge in [0.25, 0.3) is 0 Å². The first-order chi connectivity index (χ1) is 28.9. The summed E-state index contributed by atoms with van der Waals surface area (Å²) in [4.78, 5) is 6.24. The molecule has 0 amide bonds. The third-order valence-corrected chi connectivity index (χ3v) is 19.3. The topological polar surface area (TPSA) is 147 Å². The van der Waals surface area contributed by atoms with Gasteiger partial charge in [0, 0.05) is 51.6 Å². The Hall–Kier alpha value is -0.0400. The molecule has 296 valence electrons. The summed E-state index contributed by atoms with van der Waals surface area (Å²) < 4.78 is 23.0. The van der Waals surface area contributed by atoms with Crippen molar-refractivity contribution in [2.75, 3.05) is 0 Å². The fourth-order valence-corrected chi connectivity index (χ4v) is 15.9. The van der Waals surface area contributed by atoms with Crippen molar-refractivity contribution in [2.24, 2.45) is 0 Å². The summed E-state index contributed by atoms with van der Waals surface area (Å²) in [5.74, 6) is 0. The van der Waals surface area contributed by atoms with Gasteiger partial charge in [-0.2, -0.15) is 38.5 Å². The summed E-state index contributed by atoms with van der Waals surface area (Å²) in [5, 5.41) is 35.9. The molecule has 1 aliphatic rings. The van der Waals surface area contributed by atoms with E-state index in [-0.39, 0.29) is 74.5 Å². The predicted molar refractivity (Wildman–Crippen MR) is 272 cm³/mol. The van der Waals surface area contributed by atoms with Gasteiger partial charge in [0.2, 0.25) is 0 Å². The van der Waals surface area contributed by atoms with Crippen LogP contribution in [0.2, 0.25) is 10.0 Å². The fourth-order valence-electron chi connectivity index (χ4n) is 5.34. The Bertz CT molecular complexity index is 3050. The standard InChI is InChI=1S/C18H4Br2N4S5.C14H4Br2Cl2N2S3.C4H2N2S2.2Na/c19-10-3-1-8(25-10)12-14-15(24-29-23-14)13(9-2-4-11(20)26-9)17-16(12)27-18(28-17)7(5-21)6-22;15-7-3-1-5(21-7)9-11(17)12(18)10(6-2-4-8(16)22-6)14-13(9)19-23-20-14;5-1-3(2-6)4(7)8;;/h1-4H;1-4H;7-8H;;/q;;;2*+1/p-2. The number of allylic oxidation sites excluding steroid dienone is 2. The van der Waals surface area contributed by atoms with E-state index in [1.54, 1.807) is 57.5 Å². The van der Waals surface area contributed by atoms with Gasteiger partial charge in [-0.3, -0.25) is 0 Å². The van der Waals surface area contributed by atoms with Gasteiger partial charge in [0.15, 0.2) is 0 Å². The molecular weight excluding hydrogens is 1300 g/mol. The molecular formula is C36H8Br4Cl2N8Na2S10. The molecule has 62 heavy (non-hydrogen) atoms. The predicted octanol–water partition coefficient (Wildman–Crippen LogP) is 10.5.